The van der Waals surface area contributed by atoms with Gasteiger partial charge in [-0.2, -0.15) is 9.90 Å². The van der Waals surface area contributed by atoms with Gasteiger partial charge in [-0.15, -0.1) is 17.5 Å². The van der Waals surface area contributed by atoms with E-state index in [1.54, 1.807) is 14.0 Å². The number of aryl methyl sites for hydroxylation is 1. The summed E-state index contributed by atoms with van der Waals surface area (Å²) in [5.41, 5.74) is 7.53. The molecule has 1 aliphatic heterocycles. The number of hydrogen-bond donors (Lipinski definition) is 1. The Morgan fingerprint density at radius 1 is 1.26 bits per heavy atom. The summed E-state index contributed by atoms with van der Waals surface area (Å²) in [5.74, 6) is 0.648. The molecule has 0 radical (unpaired) electrons. The summed E-state index contributed by atoms with van der Waals surface area (Å²) in [6, 6.07) is 7.49. The maximum atomic E-state index is 12.8. The van der Waals surface area contributed by atoms with Crippen LogP contribution in [0.2, 0.25) is 0 Å². The zero-order valence-corrected chi connectivity index (χ0v) is 16.4. The first-order valence-corrected chi connectivity index (χ1v) is 8.81. The van der Waals surface area contributed by atoms with Gasteiger partial charge in [0.15, 0.2) is 5.69 Å². The summed E-state index contributed by atoms with van der Waals surface area (Å²) >= 11 is 0. The number of ether oxygens (including phenoxy) is 2. The SMILES string of the molecule is COCCOc1ccc(-n2nc(C)c(C(=O)N3CCCC3CN)n2)cc1.Cl. The monoisotopic (exact) mass is 395 g/mol. The Balaban J connectivity index is 0.00000261. The molecule has 1 fully saturated rings. The van der Waals surface area contributed by atoms with E-state index in [0.29, 0.717) is 31.1 Å². The van der Waals surface area contributed by atoms with Crippen molar-refractivity contribution in [1.29, 1.82) is 0 Å². The molecule has 1 unspecified atom stereocenters. The molecule has 1 aliphatic rings. The van der Waals surface area contributed by atoms with Crippen molar-refractivity contribution in [1.82, 2.24) is 19.9 Å². The molecule has 0 spiro atoms. The van der Waals surface area contributed by atoms with Crippen molar-refractivity contribution in [2.75, 3.05) is 33.4 Å². The highest BCUT2D eigenvalue weighted by molar-refractivity contribution is 5.93. The van der Waals surface area contributed by atoms with E-state index in [2.05, 4.69) is 10.2 Å². The smallest absolute Gasteiger partial charge is 0.276 e. The van der Waals surface area contributed by atoms with Crippen LogP contribution in [-0.2, 0) is 4.74 Å². The average Bonchev–Trinajstić information content (AvgIpc) is 3.28. The van der Waals surface area contributed by atoms with Gasteiger partial charge in [0.1, 0.15) is 12.4 Å². The van der Waals surface area contributed by atoms with E-state index in [-0.39, 0.29) is 24.4 Å². The van der Waals surface area contributed by atoms with Crippen LogP contribution in [0.15, 0.2) is 24.3 Å². The number of halogens is 1. The summed E-state index contributed by atoms with van der Waals surface area (Å²) in [6.45, 7) is 4.02. The Hall–Kier alpha value is -2.16. The maximum Gasteiger partial charge on any atom is 0.276 e. The van der Waals surface area contributed by atoms with Crippen LogP contribution in [0.1, 0.15) is 29.0 Å². The molecule has 3 rings (SSSR count). The van der Waals surface area contributed by atoms with Crippen LogP contribution in [0.5, 0.6) is 5.75 Å². The number of hydrogen-bond acceptors (Lipinski definition) is 6. The van der Waals surface area contributed by atoms with Crippen molar-refractivity contribution < 1.29 is 14.3 Å². The minimum atomic E-state index is -0.0961. The lowest BCUT2D eigenvalue weighted by Crippen LogP contribution is -2.40. The number of nitrogens with zero attached hydrogens (tertiary/aromatic N) is 4. The number of carbonyl (C=O) groups is 1. The minimum absolute atomic E-state index is 0. The number of likely N-dealkylation sites (tertiary alicyclic amines) is 1. The van der Waals surface area contributed by atoms with Gasteiger partial charge in [-0.3, -0.25) is 4.79 Å². The predicted molar refractivity (Wildman–Crippen MR) is 104 cm³/mol. The minimum Gasteiger partial charge on any atom is -0.491 e. The Kier molecular flexibility index (Phi) is 7.58. The molecule has 1 atom stereocenters. The first-order valence-electron chi connectivity index (χ1n) is 8.81. The van der Waals surface area contributed by atoms with Gasteiger partial charge in [-0.1, -0.05) is 0 Å². The van der Waals surface area contributed by atoms with E-state index < -0.39 is 0 Å². The van der Waals surface area contributed by atoms with Gasteiger partial charge < -0.3 is 20.1 Å². The quantitative estimate of drug-likeness (QED) is 0.715. The summed E-state index contributed by atoms with van der Waals surface area (Å²) in [5, 5.41) is 8.81. The van der Waals surface area contributed by atoms with Gasteiger partial charge in [-0.25, -0.2) is 0 Å². The zero-order chi connectivity index (χ0) is 18.5. The van der Waals surface area contributed by atoms with Gasteiger partial charge in [0, 0.05) is 26.2 Å². The molecule has 2 N–H and O–H groups in total. The zero-order valence-electron chi connectivity index (χ0n) is 15.6. The molecule has 0 saturated carbocycles. The third kappa shape index (κ3) is 4.77. The van der Waals surface area contributed by atoms with E-state index in [0.717, 1.165) is 30.8 Å². The largest absolute Gasteiger partial charge is 0.491 e. The van der Waals surface area contributed by atoms with Gasteiger partial charge in [0.2, 0.25) is 0 Å². The number of amides is 1. The molecule has 0 aliphatic carbocycles. The van der Waals surface area contributed by atoms with Crippen molar-refractivity contribution in [2.45, 2.75) is 25.8 Å². The molecular weight excluding hydrogens is 370 g/mol. The van der Waals surface area contributed by atoms with Crippen molar-refractivity contribution in [3.63, 3.8) is 0 Å². The number of aromatic nitrogens is 3. The fraction of sp³-hybridized carbons (Fsp3) is 0.500. The lowest BCUT2D eigenvalue weighted by Gasteiger charge is -2.22. The molecule has 0 bridgehead atoms. The van der Waals surface area contributed by atoms with Crippen LogP contribution in [-0.4, -0.2) is 65.3 Å². The van der Waals surface area contributed by atoms with Crippen LogP contribution >= 0.6 is 12.4 Å². The molecule has 1 aromatic carbocycles. The number of methoxy groups -OCH3 is 1. The normalized spacial score (nSPS) is 16.3. The summed E-state index contributed by atoms with van der Waals surface area (Å²) < 4.78 is 10.5. The molecule has 2 heterocycles. The van der Waals surface area contributed by atoms with Crippen LogP contribution in [0.3, 0.4) is 0 Å². The molecule has 1 amide bonds. The highest BCUT2D eigenvalue weighted by Crippen LogP contribution is 2.20. The second-order valence-corrected chi connectivity index (χ2v) is 6.29. The predicted octanol–water partition coefficient (Wildman–Crippen LogP) is 1.59. The lowest BCUT2D eigenvalue weighted by molar-refractivity contribution is 0.0734. The number of nitrogens with two attached hydrogens (primary N) is 1. The molecule has 148 valence electrons. The van der Waals surface area contributed by atoms with E-state index in [4.69, 9.17) is 15.2 Å². The second kappa shape index (κ2) is 9.68. The topological polar surface area (TPSA) is 95.5 Å². The fourth-order valence-corrected chi connectivity index (χ4v) is 3.09. The average molecular weight is 396 g/mol. The van der Waals surface area contributed by atoms with Gasteiger partial charge in [0.05, 0.1) is 18.0 Å². The van der Waals surface area contributed by atoms with E-state index in [9.17, 15) is 4.79 Å². The third-order valence-electron chi connectivity index (χ3n) is 4.52. The number of carbonyl (C=O) groups excluding carboxylic acids is 1. The summed E-state index contributed by atoms with van der Waals surface area (Å²) in [6.07, 6.45) is 1.92. The Morgan fingerprint density at radius 2 is 2.00 bits per heavy atom. The first kappa shape index (κ1) is 21.1. The number of benzene rings is 1. The van der Waals surface area contributed by atoms with Gasteiger partial charge >= 0.3 is 0 Å². The summed E-state index contributed by atoms with van der Waals surface area (Å²) in [7, 11) is 1.63. The van der Waals surface area contributed by atoms with Gasteiger partial charge in [-0.05, 0) is 44.0 Å². The van der Waals surface area contributed by atoms with Crippen LogP contribution in [0.4, 0.5) is 0 Å². The van der Waals surface area contributed by atoms with Crippen LogP contribution in [0.25, 0.3) is 5.69 Å². The molecule has 8 nitrogen and oxygen atoms in total. The molecule has 1 saturated heterocycles. The maximum absolute atomic E-state index is 12.8. The van der Waals surface area contributed by atoms with Crippen LogP contribution in [0, 0.1) is 6.92 Å². The molecular formula is C18H26ClN5O3. The molecule has 9 heteroatoms. The van der Waals surface area contributed by atoms with Crippen LogP contribution < -0.4 is 10.5 Å². The second-order valence-electron chi connectivity index (χ2n) is 6.29. The summed E-state index contributed by atoms with van der Waals surface area (Å²) in [4.78, 5) is 16.1. The Labute approximate surface area is 165 Å². The molecule has 2 aromatic rings. The van der Waals surface area contributed by atoms with Crippen molar-refractivity contribution in [2.24, 2.45) is 5.73 Å². The van der Waals surface area contributed by atoms with Crippen molar-refractivity contribution in [3.05, 3.63) is 35.7 Å². The standard InChI is InChI=1S/C18H25N5O3.ClH/c1-13-17(18(24)22-9-3-4-15(22)12-19)21-23(20-13)14-5-7-16(8-6-14)26-11-10-25-2;/h5-8,15H,3-4,9-12,19H2,1-2H3;1H. The van der Waals surface area contributed by atoms with E-state index in [1.807, 2.05) is 29.2 Å². The first-order chi connectivity index (χ1) is 12.6. The lowest BCUT2D eigenvalue weighted by atomic mass is 10.2. The van der Waals surface area contributed by atoms with Crippen molar-refractivity contribution >= 4 is 18.3 Å². The molecule has 1 aromatic heterocycles. The van der Waals surface area contributed by atoms with E-state index in [1.165, 1.54) is 4.80 Å². The van der Waals surface area contributed by atoms with E-state index >= 15 is 0 Å². The molecule has 27 heavy (non-hydrogen) atoms. The Morgan fingerprint density at radius 3 is 2.67 bits per heavy atom. The fourth-order valence-electron chi connectivity index (χ4n) is 3.09. The number of rotatable bonds is 7. The highest BCUT2D eigenvalue weighted by atomic mass is 35.5. The third-order valence-corrected chi connectivity index (χ3v) is 4.52. The van der Waals surface area contributed by atoms with Gasteiger partial charge in [0.25, 0.3) is 5.91 Å². The highest BCUT2D eigenvalue weighted by Gasteiger charge is 2.31. The van der Waals surface area contributed by atoms with Crippen molar-refractivity contribution in [3.8, 4) is 11.4 Å². The Bertz CT molecular complexity index is 750.